The van der Waals surface area contributed by atoms with Gasteiger partial charge >= 0.3 is 17.3 Å². The predicted molar refractivity (Wildman–Crippen MR) is 342 cm³/mol. The molecule has 0 radical (unpaired) electrons. The van der Waals surface area contributed by atoms with Gasteiger partial charge in [0, 0.05) is 48.8 Å². The molecule has 92 heavy (non-hydrogen) atoms. The van der Waals surface area contributed by atoms with Gasteiger partial charge in [0.15, 0.2) is 11.6 Å². The molecule has 0 aliphatic rings. The Balaban J connectivity index is 0.000000317. The quantitative estimate of drug-likeness (QED) is 0.0343. The molecule has 2 aromatic carbocycles. The number of rotatable bonds is 26. The number of fused-ring (bicyclic) bond motifs is 2. The van der Waals surface area contributed by atoms with Crippen LogP contribution in [0.25, 0.3) is 30.4 Å². The van der Waals surface area contributed by atoms with Crippen molar-refractivity contribution in [2.45, 2.75) is 138 Å². The van der Waals surface area contributed by atoms with Gasteiger partial charge in [0.1, 0.15) is 66.1 Å². The number of carbonyl (C=O) groups excluding carboxylic acids is 3. The number of Topliss-reactive ketones (excluding diaryl/α,β-unsaturated/α-hetero) is 2. The largest absolute Gasteiger partial charge is 0.496 e. The summed E-state index contributed by atoms with van der Waals surface area (Å²) in [5.74, 6) is -3.00. The number of aryl methyl sites for hydroxylation is 2. The molecule has 0 aliphatic heterocycles. The number of carbonyl (C=O) groups is 4. The summed E-state index contributed by atoms with van der Waals surface area (Å²) in [4.78, 5) is 110. The topological polar surface area (TPSA) is 319 Å². The second-order valence-electron chi connectivity index (χ2n) is 22.9. The summed E-state index contributed by atoms with van der Waals surface area (Å²) in [5.41, 5.74) is -4.36. The van der Waals surface area contributed by atoms with E-state index >= 15 is 0 Å². The number of carboxylic acids is 1. The van der Waals surface area contributed by atoms with Crippen molar-refractivity contribution in [3.63, 3.8) is 0 Å². The number of ketones is 2. The van der Waals surface area contributed by atoms with E-state index in [1.54, 1.807) is 20.8 Å². The van der Waals surface area contributed by atoms with E-state index in [4.69, 9.17) is 24.1 Å². The van der Waals surface area contributed by atoms with Crippen LogP contribution in [-0.2, 0) is 52.8 Å². The van der Waals surface area contributed by atoms with E-state index in [2.05, 4.69) is 20.4 Å². The molecule has 0 saturated carbocycles. The second kappa shape index (κ2) is 31.9. The van der Waals surface area contributed by atoms with Gasteiger partial charge in [-0.1, -0.05) is 50.4 Å². The van der Waals surface area contributed by atoms with Crippen LogP contribution in [0.2, 0.25) is 0 Å². The van der Waals surface area contributed by atoms with Crippen LogP contribution in [0.3, 0.4) is 0 Å². The number of aliphatic hydroxyl groups excluding tert-OH is 1. The van der Waals surface area contributed by atoms with Crippen molar-refractivity contribution in [1.82, 2.24) is 53.3 Å². The third-order valence-corrected chi connectivity index (χ3v) is 17.2. The smallest absolute Gasteiger partial charge is 0.333 e. The molecular weight excluding hydrogens is 1260 g/mol. The van der Waals surface area contributed by atoms with Gasteiger partial charge in [-0.15, -0.1) is 22.0 Å². The molecule has 0 aliphatic carbocycles. The maximum Gasteiger partial charge on any atom is 0.333 e. The minimum absolute atomic E-state index is 0. The summed E-state index contributed by atoms with van der Waals surface area (Å²) >= 11 is 2.21. The van der Waals surface area contributed by atoms with Gasteiger partial charge in [0.2, 0.25) is 5.91 Å². The second-order valence-corrected chi connectivity index (χ2v) is 24.9. The van der Waals surface area contributed by atoms with E-state index in [0.29, 0.717) is 26.2 Å². The minimum Gasteiger partial charge on any atom is -0.496 e. The van der Waals surface area contributed by atoms with Gasteiger partial charge in [-0.05, 0) is 96.7 Å². The van der Waals surface area contributed by atoms with Gasteiger partial charge in [0.05, 0.1) is 88.9 Å². The third kappa shape index (κ3) is 16.5. The molecule has 0 saturated heterocycles. The fourth-order valence-corrected chi connectivity index (χ4v) is 12.4. The average molecular weight is 1340 g/mol. The van der Waals surface area contributed by atoms with Crippen LogP contribution in [0.5, 0.6) is 11.5 Å². The fraction of sp³-hybridized carbons (Fsp3) is 0.475. The zero-order chi connectivity index (χ0) is 67.6. The Morgan fingerprint density at radius 2 is 0.989 bits per heavy atom. The van der Waals surface area contributed by atoms with Crippen LogP contribution >= 0.6 is 35.1 Å². The van der Waals surface area contributed by atoms with Gasteiger partial charge in [-0.3, -0.25) is 43.1 Å². The Hall–Kier alpha value is -8.13. The molecule has 0 fully saturated rings. The van der Waals surface area contributed by atoms with Crippen LogP contribution in [0.15, 0.2) is 80.4 Å². The van der Waals surface area contributed by atoms with Crippen molar-refractivity contribution in [2.24, 2.45) is 11.8 Å². The number of aromatic nitrogens is 10. The van der Waals surface area contributed by atoms with Crippen molar-refractivity contribution in [1.29, 1.82) is 0 Å². The van der Waals surface area contributed by atoms with Crippen LogP contribution < -0.4 is 32.0 Å². The summed E-state index contributed by atoms with van der Waals surface area (Å²) in [7, 11) is 3.98. The molecular formula is C61H78ClF2N11O15S2. The summed E-state index contributed by atoms with van der Waals surface area (Å²) in [5, 5.41) is 44.8. The van der Waals surface area contributed by atoms with Crippen LogP contribution in [0.1, 0.15) is 122 Å². The zero-order valence-electron chi connectivity index (χ0n) is 53.6. The number of methoxy groups -OCH3 is 2. The SMILES string of the molecule is CCO.COc1ccc(F)cc1[C@H](Cn1c(=O)n(C(C)(C)C(=O)CC(C)C)c(=O)c2c(C)c(-n3nccn3)sc21)OCCC(=O)N(C)O.COc1ccc(F)cc1[C@H](Cn1c(=O)n(C(C)(C)C(=O)CC(C)C)c(=O)c2c(C)c(-n3nccn3)sc21)OCCC(=O)O.Cl. The number of aliphatic carboxylic acids is 1. The predicted octanol–water partition coefficient (Wildman–Crippen LogP) is 7.87. The Morgan fingerprint density at radius 3 is 1.30 bits per heavy atom. The zero-order valence-corrected chi connectivity index (χ0v) is 56.0. The normalized spacial score (nSPS) is 12.3. The van der Waals surface area contributed by atoms with Gasteiger partial charge in [-0.25, -0.2) is 32.6 Å². The first-order valence-electron chi connectivity index (χ1n) is 28.9. The lowest BCUT2D eigenvalue weighted by Gasteiger charge is -2.28. The highest BCUT2D eigenvalue weighted by Crippen LogP contribution is 2.37. The first-order chi connectivity index (χ1) is 42.9. The van der Waals surface area contributed by atoms with Gasteiger partial charge in [-0.2, -0.15) is 20.4 Å². The Kier molecular flexibility index (Phi) is 25.9. The van der Waals surface area contributed by atoms with E-state index in [-0.39, 0.29) is 137 Å². The van der Waals surface area contributed by atoms with Crippen molar-refractivity contribution in [2.75, 3.05) is 41.1 Å². The molecule has 3 N–H and O–H groups in total. The lowest BCUT2D eigenvalue weighted by atomic mass is 9.91. The Bertz CT molecular complexity index is 4150. The number of halogens is 3. The number of benzene rings is 2. The summed E-state index contributed by atoms with van der Waals surface area (Å²) in [6, 6.07) is 7.63. The maximum absolute atomic E-state index is 14.6. The molecule has 6 heterocycles. The molecule has 26 nitrogen and oxygen atoms in total. The molecule has 0 unspecified atom stereocenters. The number of thiophene rings is 2. The number of aliphatic hydroxyl groups is 1. The average Bonchev–Trinajstić information content (AvgIpc) is 1.48. The van der Waals surface area contributed by atoms with Gasteiger partial charge < -0.3 is 29.2 Å². The molecule has 500 valence electrons. The summed E-state index contributed by atoms with van der Waals surface area (Å²) < 4.78 is 56.5. The molecule has 1 amide bonds. The number of nitrogens with zero attached hydrogens (tertiary/aromatic N) is 11. The van der Waals surface area contributed by atoms with Crippen LogP contribution in [-0.4, -0.2) is 133 Å². The molecule has 0 bridgehead atoms. The maximum atomic E-state index is 14.6. The van der Waals surface area contributed by atoms with E-state index in [1.165, 1.54) is 129 Å². The third-order valence-electron chi connectivity index (χ3n) is 14.7. The molecule has 31 heteroatoms. The number of carboxylic acid groups (broad SMARTS) is 1. The minimum atomic E-state index is -1.52. The van der Waals surface area contributed by atoms with Crippen molar-refractivity contribution in [3.8, 4) is 21.5 Å². The van der Waals surface area contributed by atoms with Crippen molar-refractivity contribution >= 4 is 79.0 Å². The monoisotopic (exact) mass is 1340 g/mol. The first-order valence-corrected chi connectivity index (χ1v) is 30.6. The van der Waals surface area contributed by atoms with Crippen LogP contribution in [0, 0.1) is 37.3 Å². The number of amides is 1. The molecule has 8 aromatic rings. The van der Waals surface area contributed by atoms with E-state index in [0.717, 1.165) is 31.8 Å². The van der Waals surface area contributed by atoms with E-state index in [9.17, 15) is 57.5 Å². The first kappa shape index (κ1) is 74.6. The summed E-state index contributed by atoms with van der Waals surface area (Å²) in [6.45, 7) is 18.0. The highest BCUT2D eigenvalue weighted by Gasteiger charge is 2.38. The lowest BCUT2D eigenvalue weighted by molar-refractivity contribution is -0.161. The van der Waals surface area contributed by atoms with Crippen LogP contribution in [0.4, 0.5) is 8.78 Å². The van der Waals surface area contributed by atoms with Gasteiger partial charge in [0.25, 0.3) is 11.1 Å². The molecule has 2 atom stereocenters. The number of ether oxygens (including phenoxy) is 4. The van der Waals surface area contributed by atoms with E-state index < -0.39 is 69.3 Å². The van der Waals surface area contributed by atoms with Crippen molar-refractivity contribution in [3.05, 3.63) is 137 Å². The molecule has 8 rings (SSSR count). The standard InChI is InChI=1S/C30H37FN6O7S.C29H34FN5O7S.C2H6O.ClH/c1-17(2)14-23(38)30(4,5)36-26(40)25-18(3)27(37-32-11-12-33-37)45-28(25)35(29(36)41)16-22(44-13-10-24(39)34(6)42)20-15-19(31)8-9-21(20)43-7;1-16(2)13-22(36)29(4,5)34-25(39)24-17(3)26(35-31-10-11-32-35)43-27(24)33(28(34)40)15-21(42-12-9-23(37)38)19-14-18(30)7-8-20(19)41-6;1-2-3;/h8-9,11-12,15,17,22,42H,10,13-14,16H2,1-7H3;7-8,10-11,14,16,21H,9,12-13,15H2,1-6H3,(H,37,38);3H,2H2,1H3;1H/t22-;21-;;/m00../s1. The molecule has 0 spiro atoms. The highest BCUT2D eigenvalue weighted by molar-refractivity contribution is 7.21. The lowest BCUT2D eigenvalue weighted by Crippen LogP contribution is -2.53. The fourth-order valence-electron chi connectivity index (χ4n) is 9.96. The van der Waals surface area contributed by atoms with E-state index in [1.807, 2.05) is 27.7 Å². The Labute approximate surface area is 541 Å². The highest BCUT2D eigenvalue weighted by atomic mass is 35.5. The summed E-state index contributed by atoms with van der Waals surface area (Å²) in [6.07, 6.45) is 3.50. The number of hydrogen-bond donors (Lipinski definition) is 3. The Morgan fingerprint density at radius 1 is 0.641 bits per heavy atom. The number of hydrogen-bond acceptors (Lipinski definition) is 20. The van der Waals surface area contributed by atoms with Crippen molar-refractivity contribution < 1.29 is 62.3 Å². The number of hydroxylamine groups is 2. The molecule has 6 aromatic heterocycles.